The van der Waals surface area contributed by atoms with Crippen LogP contribution in [0.1, 0.15) is 46.5 Å². The van der Waals surface area contributed by atoms with E-state index in [0.29, 0.717) is 5.92 Å². The van der Waals surface area contributed by atoms with Crippen LogP contribution in [-0.2, 0) is 0 Å². The Morgan fingerprint density at radius 1 is 1.33 bits per heavy atom. The molecule has 1 heteroatoms. The lowest BCUT2D eigenvalue weighted by Crippen LogP contribution is -2.24. The average Bonchev–Trinajstić information content (AvgIpc) is 2.03. The number of hydrogen-bond acceptors (Lipinski definition) is 1. The maximum Gasteiger partial charge on any atom is 0.0253 e. The van der Waals surface area contributed by atoms with Crippen LogP contribution in [-0.4, -0.2) is 6.04 Å². The lowest BCUT2D eigenvalue weighted by molar-refractivity contribution is 0.565. The molecule has 0 aliphatic rings. The van der Waals surface area contributed by atoms with Gasteiger partial charge < -0.3 is 5.73 Å². The van der Waals surface area contributed by atoms with Gasteiger partial charge in [-0.15, -0.1) is 0 Å². The number of hydrogen-bond donors (Lipinski definition) is 1. The predicted octanol–water partition coefficient (Wildman–Crippen LogP) is 3.11. The molecule has 0 saturated carbocycles. The van der Waals surface area contributed by atoms with Crippen molar-refractivity contribution in [2.45, 2.75) is 52.5 Å². The van der Waals surface area contributed by atoms with E-state index in [9.17, 15) is 0 Å². The van der Waals surface area contributed by atoms with Crippen LogP contribution in [0.4, 0.5) is 0 Å². The molecule has 0 radical (unpaired) electrons. The SMILES string of the molecule is C=C(C(C)C)C(N)CCCCC. The molecule has 1 nitrogen and oxygen atoms in total. The molecule has 0 spiro atoms. The van der Waals surface area contributed by atoms with E-state index in [0.717, 1.165) is 6.42 Å². The Hall–Kier alpha value is -0.300. The van der Waals surface area contributed by atoms with Crippen LogP contribution < -0.4 is 5.73 Å². The predicted molar refractivity (Wildman–Crippen MR) is 56.1 cm³/mol. The van der Waals surface area contributed by atoms with Crippen molar-refractivity contribution in [2.75, 3.05) is 0 Å². The van der Waals surface area contributed by atoms with Gasteiger partial charge in [0.25, 0.3) is 0 Å². The largest absolute Gasteiger partial charge is 0.324 e. The molecule has 0 bridgehead atoms. The molecule has 1 atom stereocenters. The third-order valence-corrected chi connectivity index (χ3v) is 2.34. The van der Waals surface area contributed by atoms with Gasteiger partial charge in [-0.25, -0.2) is 0 Å². The van der Waals surface area contributed by atoms with Gasteiger partial charge >= 0.3 is 0 Å². The minimum Gasteiger partial charge on any atom is -0.324 e. The summed E-state index contributed by atoms with van der Waals surface area (Å²) in [6, 6.07) is 0.219. The van der Waals surface area contributed by atoms with Gasteiger partial charge in [-0.2, -0.15) is 0 Å². The van der Waals surface area contributed by atoms with E-state index in [2.05, 4.69) is 27.4 Å². The van der Waals surface area contributed by atoms with E-state index in [4.69, 9.17) is 5.73 Å². The maximum atomic E-state index is 5.96. The zero-order valence-corrected chi connectivity index (χ0v) is 8.77. The molecule has 2 N–H and O–H groups in total. The van der Waals surface area contributed by atoms with Crippen LogP contribution in [0.25, 0.3) is 0 Å². The van der Waals surface area contributed by atoms with Crippen LogP contribution >= 0.6 is 0 Å². The van der Waals surface area contributed by atoms with Crippen LogP contribution in [0, 0.1) is 5.92 Å². The monoisotopic (exact) mass is 169 g/mol. The summed E-state index contributed by atoms with van der Waals surface area (Å²) in [7, 11) is 0. The quantitative estimate of drug-likeness (QED) is 0.480. The van der Waals surface area contributed by atoms with E-state index in [-0.39, 0.29) is 6.04 Å². The zero-order valence-electron chi connectivity index (χ0n) is 8.77. The number of nitrogens with two attached hydrogens (primary N) is 1. The number of unbranched alkanes of at least 4 members (excludes halogenated alkanes) is 2. The Kier molecular flexibility index (Phi) is 6.09. The molecule has 0 heterocycles. The summed E-state index contributed by atoms with van der Waals surface area (Å²) in [6.45, 7) is 10.5. The summed E-state index contributed by atoms with van der Waals surface area (Å²) in [6.07, 6.45) is 4.90. The van der Waals surface area contributed by atoms with Crippen LogP contribution in [0.3, 0.4) is 0 Å². The van der Waals surface area contributed by atoms with Crippen LogP contribution in [0.2, 0.25) is 0 Å². The Morgan fingerprint density at radius 3 is 2.33 bits per heavy atom. The highest BCUT2D eigenvalue weighted by atomic mass is 14.6. The van der Waals surface area contributed by atoms with Gasteiger partial charge in [0, 0.05) is 6.04 Å². The second-order valence-electron chi connectivity index (χ2n) is 3.83. The standard InChI is InChI=1S/C11H23N/c1-5-6-7-8-11(12)10(4)9(2)3/h9,11H,4-8,12H2,1-3H3. The second-order valence-corrected chi connectivity index (χ2v) is 3.83. The summed E-state index contributed by atoms with van der Waals surface area (Å²) in [5.41, 5.74) is 7.16. The first-order valence-corrected chi connectivity index (χ1v) is 5.03. The molecule has 0 aliphatic heterocycles. The fourth-order valence-corrected chi connectivity index (χ4v) is 1.23. The third-order valence-electron chi connectivity index (χ3n) is 2.34. The van der Waals surface area contributed by atoms with Gasteiger partial charge in [-0.05, 0) is 12.3 Å². The van der Waals surface area contributed by atoms with E-state index in [1.165, 1.54) is 24.8 Å². The highest BCUT2D eigenvalue weighted by Crippen LogP contribution is 2.14. The zero-order chi connectivity index (χ0) is 9.56. The van der Waals surface area contributed by atoms with Gasteiger partial charge in [0.1, 0.15) is 0 Å². The Morgan fingerprint density at radius 2 is 1.92 bits per heavy atom. The van der Waals surface area contributed by atoms with Crippen molar-refractivity contribution in [3.63, 3.8) is 0 Å². The normalized spacial score (nSPS) is 13.4. The number of rotatable bonds is 6. The lowest BCUT2D eigenvalue weighted by atomic mass is 9.94. The van der Waals surface area contributed by atoms with Gasteiger partial charge in [0.05, 0.1) is 0 Å². The van der Waals surface area contributed by atoms with Crippen molar-refractivity contribution in [1.82, 2.24) is 0 Å². The molecule has 0 aromatic carbocycles. The second kappa shape index (κ2) is 6.24. The fraction of sp³-hybridized carbons (Fsp3) is 0.818. The van der Waals surface area contributed by atoms with Crippen molar-refractivity contribution in [2.24, 2.45) is 11.7 Å². The van der Waals surface area contributed by atoms with E-state index in [1.807, 2.05) is 0 Å². The molecule has 72 valence electrons. The molecule has 0 amide bonds. The molecule has 0 saturated heterocycles. The minimum absolute atomic E-state index is 0.219. The first-order valence-electron chi connectivity index (χ1n) is 5.03. The maximum absolute atomic E-state index is 5.96. The summed E-state index contributed by atoms with van der Waals surface area (Å²) in [5, 5.41) is 0. The molecule has 1 unspecified atom stereocenters. The first-order chi connectivity index (χ1) is 5.59. The third kappa shape index (κ3) is 4.55. The van der Waals surface area contributed by atoms with E-state index in [1.54, 1.807) is 0 Å². The van der Waals surface area contributed by atoms with Crippen molar-refractivity contribution in [1.29, 1.82) is 0 Å². The Bertz CT molecular complexity index is 127. The molecular weight excluding hydrogens is 146 g/mol. The van der Waals surface area contributed by atoms with Crippen LogP contribution in [0.15, 0.2) is 12.2 Å². The minimum atomic E-state index is 0.219. The van der Waals surface area contributed by atoms with Crippen molar-refractivity contribution >= 4 is 0 Å². The van der Waals surface area contributed by atoms with Gasteiger partial charge in [0.2, 0.25) is 0 Å². The Balaban J connectivity index is 3.57. The molecule has 0 aliphatic carbocycles. The smallest absolute Gasteiger partial charge is 0.0253 e. The van der Waals surface area contributed by atoms with Crippen molar-refractivity contribution in [3.05, 3.63) is 12.2 Å². The lowest BCUT2D eigenvalue weighted by Gasteiger charge is -2.17. The topological polar surface area (TPSA) is 26.0 Å². The van der Waals surface area contributed by atoms with Gasteiger partial charge in [-0.3, -0.25) is 0 Å². The van der Waals surface area contributed by atoms with Crippen LogP contribution in [0.5, 0.6) is 0 Å². The van der Waals surface area contributed by atoms with Gasteiger partial charge in [0.15, 0.2) is 0 Å². The van der Waals surface area contributed by atoms with Crippen molar-refractivity contribution < 1.29 is 0 Å². The molecule has 0 rings (SSSR count). The van der Waals surface area contributed by atoms with E-state index < -0.39 is 0 Å². The molecule has 12 heavy (non-hydrogen) atoms. The molecule has 0 fully saturated rings. The van der Waals surface area contributed by atoms with Gasteiger partial charge in [-0.1, -0.05) is 52.2 Å². The summed E-state index contributed by atoms with van der Waals surface area (Å²) < 4.78 is 0. The molecule has 0 aromatic rings. The van der Waals surface area contributed by atoms with Crippen molar-refractivity contribution in [3.8, 4) is 0 Å². The Labute approximate surface area is 77.0 Å². The fourth-order valence-electron chi connectivity index (χ4n) is 1.23. The summed E-state index contributed by atoms with van der Waals surface area (Å²) >= 11 is 0. The highest BCUT2D eigenvalue weighted by molar-refractivity contribution is 5.06. The average molecular weight is 169 g/mol. The summed E-state index contributed by atoms with van der Waals surface area (Å²) in [4.78, 5) is 0. The molecular formula is C11H23N. The summed E-state index contributed by atoms with van der Waals surface area (Å²) in [5.74, 6) is 0.529. The first kappa shape index (κ1) is 11.7. The molecule has 0 aromatic heterocycles. The van der Waals surface area contributed by atoms with E-state index >= 15 is 0 Å². The highest BCUT2D eigenvalue weighted by Gasteiger charge is 2.09.